The highest BCUT2D eigenvalue weighted by molar-refractivity contribution is 5.76. The van der Waals surface area contributed by atoms with Crippen molar-refractivity contribution in [1.29, 1.82) is 0 Å². The number of rotatable bonds is 6. The zero-order valence-corrected chi connectivity index (χ0v) is 16.5. The van der Waals surface area contributed by atoms with E-state index in [1.165, 1.54) is 31.4 Å². The van der Waals surface area contributed by atoms with Crippen LogP contribution >= 0.6 is 0 Å². The second kappa shape index (κ2) is 9.01. The van der Waals surface area contributed by atoms with Gasteiger partial charge in [-0.05, 0) is 71.4 Å². The topological polar surface area (TPSA) is 35.6 Å². The van der Waals surface area contributed by atoms with Crippen LogP contribution in [0.2, 0.25) is 0 Å². The molecule has 0 radical (unpaired) electrons. The van der Waals surface area contributed by atoms with Gasteiger partial charge in [-0.1, -0.05) is 36.8 Å². The highest BCUT2D eigenvalue weighted by atomic mass is 16.1. The Bertz CT molecular complexity index is 566. The van der Waals surface area contributed by atoms with Gasteiger partial charge in [0.15, 0.2) is 0 Å². The van der Waals surface area contributed by atoms with Crippen LogP contribution in [-0.4, -0.2) is 62.0 Å². The van der Waals surface area contributed by atoms with Crippen molar-refractivity contribution >= 4 is 5.91 Å². The first-order valence-electron chi connectivity index (χ1n) is 10.3. The average Bonchev–Trinajstić information content (AvgIpc) is 2.68. The van der Waals surface area contributed by atoms with Crippen LogP contribution in [0.25, 0.3) is 0 Å². The van der Waals surface area contributed by atoms with Crippen LogP contribution in [0.3, 0.4) is 0 Å². The van der Waals surface area contributed by atoms with Gasteiger partial charge in [0.2, 0.25) is 5.91 Å². The van der Waals surface area contributed by atoms with Crippen molar-refractivity contribution in [3.05, 3.63) is 35.9 Å². The lowest BCUT2D eigenvalue weighted by atomic mass is 9.72. The fourth-order valence-corrected chi connectivity index (χ4v) is 4.57. The molecule has 1 aromatic rings. The number of hydrogen-bond acceptors (Lipinski definition) is 3. The molecule has 26 heavy (non-hydrogen) atoms. The number of hydrogen-bond donors (Lipinski definition) is 1. The van der Waals surface area contributed by atoms with Crippen LogP contribution in [0.15, 0.2) is 30.3 Å². The van der Waals surface area contributed by atoms with Gasteiger partial charge >= 0.3 is 0 Å². The zero-order valence-electron chi connectivity index (χ0n) is 16.5. The first kappa shape index (κ1) is 19.4. The van der Waals surface area contributed by atoms with Crippen LogP contribution in [0.4, 0.5) is 0 Å². The minimum absolute atomic E-state index is 0.0884. The third kappa shape index (κ3) is 4.86. The Morgan fingerprint density at radius 3 is 2.54 bits per heavy atom. The van der Waals surface area contributed by atoms with Gasteiger partial charge in [0.25, 0.3) is 0 Å². The Morgan fingerprint density at radius 1 is 1.12 bits per heavy atom. The molecule has 2 heterocycles. The Kier molecular flexibility index (Phi) is 6.71. The normalized spacial score (nSPS) is 24.3. The van der Waals surface area contributed by atoms with E-state index in [1.807, 2.05) is 0 Å². The van der Waals surface area contributed by atoms with E-state index >= 15 is 0 Å². The Balaban J connectivity index is 1.55. The fraction of sp³-hybridized carbons (Fsp3) is 0.682. The summed E-state index contributed by atoms with van der Waals surface area (Å²) in [5.74, 6) is 0.221. The molecule has 1 atom stereocenters. The Morgan fingerprint density at radius 2 is 1.85 bits per heavy atom. The van der Waals surface area contributed by atoms with E-state index in [-0.39, 0.29) is 11.3 Å². The molecular formula is C22H35N3O. The molecule has 0 aliphatic carbocycles. The molecular weight excluding hydrogens is 322 g/mol. The first-order chi connectivity index (χ1) is 12.6. The van der Waals surface area contributed by atoms with Gasteiger partial charge in [0, 0.05) is 24.4 Å². The molecule has 1 amide bonds. The second-order valence-corrected chi connectivity index (χ2v) is 8.40. The summed E-state index contributed by atoms with van der Waals surface area (Å²) in [6, 6.07) is 11.4. The van der Waals surface area contributed by atoms with Crippen molar-refractivity contribution in [1.82, 2.24) is 15.1 Å². The van der Waals surface area contributed by atoms with Gasteiger partial charge in [-0.3, -0.25) is 4.79 Å². The van der Waals surface area contributed by atoms with E-state index in [2.05, 4.69) is 59.5 Å². The van der Waals surface area contributed by atoms with Crippen LogP contribution in [0.5, 0.6) is 0 Å². The summed E-state index contributed by atoms with van der Waals surface area (Å²) < 4.78 is 0. The molecule has 1 aromatic carbocycles. The average molecular weight is 358 g/mol. The minimum atomic E-state index is 0.0884. The van der Waals surface area contributed by atoms with E-state index in [0.29, 0.717) is 12.5 Å². The highest BCUT2D eigenvalue weighted by Crippen LogP contribution is 2.34. The van der Waals surface area contributed by atoms with Gasteiger partial charge in [-0.2, -0.15) is 0 Å². The molecule has 3 rings (SSSR count). The molecule has 0 saturated carbocycles. The van der Waals surface area contributed by atoms with E-state index in [0.717, 1.165) is 38.9 Å². The Hall–Kier alpha value is -1.39. The number of likely N-dealkylation sites (tertiary alicyclic amines) is 2. The standard InChI is InChI=1S/C22H35N3O/c1-24-16-13-22(14-17-24,19-8-4-3-5-9-19)18-23-21(26)12-11-20-10-6-7-15-25(20)2/h3-5,8-9,20H,6-7,10-18H2,1-2H3,(H,23,26). The van der Waals surface area contributed by atoms with Crippen molar-refractivity contribution in [2.24, 2.45) is 0 Å². The van der Waals surface area contributed by atoms with Gasteiger partial charge in [0.1, 0.15) is 0 Å². The highest BCUT2D eigenvalue weighted by Gasteiger charge is 2.35. The first-order valence-corrected chi connectivity index (χ1v) is 10.3. The largest absolute Gasteiger partial charge is 0.355 e. The molecule has 1 N–H and O–H groups in total. The molecule has 2 saturated heterocycles. The van der Waals surface area contributed by atoms with E-state index in [1.54, 1.807) is 0 Å². The fourth-order valence-electron chi connectivity index (χ4n) is 4.57. The van der Waals surface area contributed by atoms with Gasteiger partial charge in [-0.15, -0.1) is 0 Å². The number of carbonyl (C=O) groups excluding carboxylic acids is 1. The van der Waals surface area contributed by atoms with Gasteiger partial charge < -0.3 is 15.1 Å². The molecule has 4 heteroatoms. The second-order valence-electron chi connectivity index (χ2n) is 8.40. The van der Waals surface area contributed by atoms with Crippen LogP contribution < -0.4 is 5.32 Å². The third-order valence-corrected chi connectivity index (χ3v) is 6.58. The molecule has 0 spiro atoms. The summed E-state index contributed by atoms with van der Waals surface area (Å²) in [5.41, 5.74) is 1.46. The number of nitrogens with zero attached hydrogens (tertiary/aromatic N) is 2. The third-order valence-electron chi connectivity index (χ3n) is 6.58. The number of amides is 1. The van der Waals surface area contributed by atoms with E-state index < -0.39 is 0 Å². The molecule has 4 nitrogen and oxygen atoms in total. The molecule has 0 aromatic heterocycles. The van der Waals surface area contributed by atoms with Crippen molar-refractivity contribution < 1.29 is 4.79 Å². The monoisotopic (exact) mass is 357 g/mol. The predicted molar refractivity (Wildman–Crippen MR) is 107 cm³/mol. The maximum Gasteiger partial charge on any atom is 0.220 e. The molecule has 2 aliphatic heterocycles. The van der Waals surface area contributed by atoms with Crippen LogP contribution in [-0.2, 0) is 10.2 Å². The van der Waals surface area contributed by atoms with Crippen molar-refractivity contribution in [3.8, 4) is 0 Å². The number of nitrogens with one attached hydrogen (secondary N) is 1. The van der Waals surface area contributed by atoms with Crippen LogP contribution in [0.1, 0.15) is 50.5 Å². The molecule has 2 aliphatic rings. The maximum atomic E-state index is 12.5. The number of piperidine rings is 2. The summed E-state index contributed by atoms with van der Waals surface area (Å²) in [4.78, 5) is 17.4. The SMILES string of the molecule is CN1CCC(CNC(=O)CCC2CCCCN2C)(c2ccccc2)CC1. The van der Waals surface area contributed by atoms with Crippen LogP contribution in [0, 0.1) is 0 Å². The quantitative estimate of drug-likeness (QED) is 0.850. The summed E-state index contributed by atoms with van der Waals surface area (Å²) in [6.45, 7) is 4.14. The van der Waals surface area contributed by atoms with Crippen molar-refractivity contribution in [2.45, 2.75) is 56.4 Å². The number of benzene rings is 1. The maximum absolute atomic E-state index is 12.5. The molecule has 144 valence electrons. The lowest BCUT2D eigenvalue weighted by Gasteiger charge is -2.41. The molecule has 1 unspecified atom stereocenters. The van der Waals surface area contributed by atoms with E-state index in [9.17, 15) is 4.79 Å². The van der Waals surface area contributed by atoms with Crippen molar-refractivity contribution in [3.63, 3.8) is 0 Å². The zero-order chi connectivity index (χ0) is 18.4. The number of carbonyl (C=O) groups is 1. The Labute approximate surface area is 158 Å². The molecule has 0 bridgehead atoms. The summed E-state index contributed by atoms with van der Waals surface area (Å²) in [7, 11) is 4.39. The lowest BCUT2D eigenvalue weighted by Crippen LogP contribution is -2.48. The minimum Gasteiger partial charge on any atom is -0.355 e. The smallest absolute Gasteiger partial charge is 0.220 e. The summed E-state index contributed by atoms with van der Waals surface area (Å²) >= 11 is 0. The van der Waals surface area contributed by atoms with Gasteiger partial charge in [0.05, 0.1) is 0 Å². The lowest BCUT2D eigenvalue weighted by molar-refractivity contribution is -0.121. The summed E-state index contributed by atoms with van der Waals surface area (Å²) in [5, 5.41) is 3.28. The molecule has 2 fully saturated rings. The summed E-state index contributed by atoms with van der Waals surface area (Å²) in [6.07, 6.45) is 7.71. The van der Waals surface area contributed by atoms with Gasteiger partial charge in [-0.25, -0.2) is 0 Å². The van der Waals surface area contributed by atoms with Crippen molar-refractivity contribution in [2.75, 3.05) is 40.3 Å². The van der Waals surface area contributed by atoms with E-state index in [4.69, 9.17) is 0 Å². The predicted octanol–water partition coefficient (Wildman–Crippen LogP) is 3.03.